The normalized spacial score (nSPS) is 9.94. The Morgan fingerprint density at radius 1 is 1.39 bits per heavy atom. The molecule has 0 unspecified atom stereocenters. The molecule has 0 atom stereocenters. The van der Waals surface area contributed by atoms with Crippen molar-refractivity contribution in [1.29, 1.82) is 0 Å². The Balaban J connectivity index is 2.78. The van der Waals surface area contributed by atoms with Crippen LogP contribution in [0, 0.1) is 6.92 Å². The first-order valence-corrected chi connectivity index (χ1v) is 5.53. The number of carbonyl (C=O) groups excluding carboxylic acids is 1. The molecule has 0 aromatic heterocycles. The largest absolute Gasteiger partial charge is 0.496 e. The molecule has 5 nitrogen and oxygen atoms in total. The molecule has 98 valence electrons. The van der Waals surface area contributed by atoms with E-state index in [1.807, 2.05) is 25.1 Å². The predicted molar refractivity (Wildman–Crippen MR) is 66.7 cm³/mol. The number of nitrogens with zero attached hydrogens (tertiary/aromatic N) is 1. The number of ether oxygens (including phenoxy) is 1. The molecule has 1 N–H and O–H groups in total. The first kappa shape index (κ1) is 14.0. The van der Waals surface area contributed by atoms with Gasteiger partial charge in [0.2, 0.25) is 5.91 Å². The molecule has 18 heavy (non-hydrogen) atoms. The number of aliphatic carboxylic acids is 1. The third-order valence-corrected chi connectivity index (χ3v) is 2.58. The van der Waals surface area contributed by atoms with E-state index in [9.17, 15) is 9.59 Å². The zero-order valence-electron chi connectivity index (χ0n) is 10.8. The smallest absolute Gasteiger partial charge is 0.323 e. The lowest BCUT2D eigenvalue weighted by molar-refractivity contribution is -0.143. The van der Waals surface area contributed by atoms with Gasteiger partial charge in [0.25, 0.3) is 0 Å². The highest BCUT2D eigenvalue weighted by atomic mass is 16.5. The van der Waals surface area contributed by atoms with Crippen LogP contribution in [0.1, 0.15) is 11.1 Å². The molecule has 5 heteroatoms. The SMILES string of the molecule is COc1cc(C)ccc1CC(=O)N(C)CC(=O)O. The molecule has 1 amide bonds. The van der Waals surface area contributed by atoms with E-state index in [2.05, 4.69) is 0 Å². The number of benzene rings is 1. The minimum Gasteiger partial charge on any atom is -0.496 e. The maximum atomic E-state index is 11.8. The number of amides is 1. The maximum Gasteiger partial charge on any atom is 0.323 e. The van der Waals surface area contributed by atoms with Gasteiger partial charge >= 0.3 is 5.97 Å². The summed E-state index contributed by atoms with van der Waals surface area (Å²) in [6, 6.07) is 5.56. The molecule has 0 heterocycles. The second kappa shape index (κ2) is 6.05. The van der Waals surface area contributed by atoms with Gasteiger partial charge in [-0.3, -0.25) is 9.59 Å². The van der Waals surface area contributed by atoms with Gasteiger partial charge in [0.15, 0.2) is 0 Å². The molecule has 1 aromatic rings. The minimum absolute atomic E-state index is 0.132. The fourth-order valence-corrected chi connectivity index (χ4v) is 1.59. The first-order valence-electron chi connectivity index (χ1n) is 5.53. The van der Waals surface area contributed by atoms with Gasteiger partial charge in [-0.1, -0.05) is 12.1 Å². The number of hydrogen-bond acceptors (Lipinski definition) is 3. The fraction of sp³-hybridized carbons (Fsp3) is 0.385. The summed E-state index contributed by atoms with van der Waals surface area (Å²) in [5.74, 6) is -0.631. The Hall–Kier alpha value is -2.04. The summed E-state index contributed by atoms with van der Waals surface area (Å²) in [6.45, 7) is 1.64. The zero-order chi connectivity index (χ0) is 13.7. The molecule has 0 aliphatic rings. The molecule has 0 aliphatic heterocycles. The molecule has 0 fully saturated rings. The lowest BCUT2D eigenvalue weighted by Gasteiger charge is -2.16. The topological polar surface area (TPSA) is 66.8 Å². The van der Waals surface area contributed by atoms with Crippen LogP contribution in [0.25, 0.3) is 0 Å². The van der Waals surface area contributed by atoms with E-state index in [1.54, 1.807) is 7.11 Å². The van der Waals surface area contributed by atoms with Crippen LogP contribution in [0.3, 0.4) is 0 Å². The van der Waals surface area contributed by atoms with Gasteiger partial charge in [-0.2, -0.15) is 0 Å². The quantitative estimate of drug-likeness (QED) is 0.850. The first-order chi connectivity index (χ1) is 8.43. The molecule has 0 aliphatic carbocycles. The number of methoxy groups -OCH3 is 1. The monoisotopic (exact) mass is 251 g/mol. The summed E-state index contributed by atoms with van der Waals surface area (Å²) >= 11 is 0. The summed E-state index contributed by atoms with van der Waals surface area (Å²) in [7, 11) is 3.01. The summed E-state index contributed by atoms with van der Waals surface area (Å²) in [6.07, 6.45) is 0.132. The van der Waals surface area contributed by atoms with Crippen LogP contribution in [0.2, 0.25) is 0 Å². The molecule has 0 saturated heterocycles. The number of aryl methyl sites for hydroxylation is 1. The van der Waals surface area contributed by atoms with Crippen LogP contribution >= 0.6 is 0 Å². The fourth-order valence-electron chi connectivity index (χ4n) is 1.59. The van der Waals surface area contributed by atoms with Gasteiger partial charge in [0.1, 0.15) is 12.3 Å². The summed E-state index contributed by atoms with van der Waals surface area (Å²) in [4.78, 5) is 23.5. The standard InChI is InChI=1S/C13H17NO4/c1-9-4-5-10(11(6-9)18-3)7-12(15)14(2)8-13(16)17/h4-6H,7-8H2,1-3H3,(H,16,17). The Labute approximate surface area is 106 Å². The van der Waals surface area contributed by atoms with Gasteiger partial charge in [-0.05, 0) is 18.6 Å². The number of carboxylic acids is 1. The highest BCUT2D eigenvalue weighted by molar-refractivity contribution is 5.83. The average molecular weight is 251 g/mol. The maximum absolute atomic E-state index is 11.8. The highest BCUT2D eigenvalue weighted by Gasteiger charge is 2.14. The third-order valence-electron chi connectivity index (χ3n) is 2.58. The van der Waals surface area contributed by atoms with Crippen molar-refractivity contribution in [2.45, 2.75) is 13.3 Å². The van der Waals surface area contributed by atoms with Crippen molar-refractivity contribution >= 4 is 11.9 Å². The van der Waals surface area contributed by atoms with Gasteiger partial charge in [-0.15, -0.1) is 0 Å². The third kappa shape index (κ3) is 3.76. The van der Waals surface area contributed by atoms with Crippen LogP contribution < -0.4 is 4.74 Å². The van der Waals surface area contributed by atoms with Crippen molar-refractivity contribution in [2.24, 2.45) is 0 Å². The van der Waals surface area contributed by atoms with Gasteiger partial charge in [-0.25, -0.2) is 0 Å². The molecule has 0 bridgehead atoms. The molecule has 1 rings (SSSR count). The molecule has 0 radical (unpaired) electrons. The molecular formula is C13H17NO4. The van der Waals surface area contributed by atoms with Crippen molar-refractivity contribution in [3.63, 3.8) is 0 Å². The molecule has 0 spiro atoms. The average Bonchev–Trinajstić information content (AvgIpc) is 2.30. The van der Waals surface area contributed by atoms with Crippen molar-refractivity contribution in [3.8, 4) is 5.75 Å². The summed E-state index contributed by atoms with van der Waals surface area (Å²) < 4.78 is 5.20. The molecule has 0 saturated carbocycles. The second-order valence-corrected chi connectivity index (χ2v) is 4.14. The predicted octanol–water partition coefficient (Wildman–Crippen LogP) is 1.09. The van der Waals surface area contributed by atoms with Crippen molar-refractivity contribution in [2.75, 3.05) is 20.7 Å². The van der Waals surface area contributed by atoms with E-state index >= 15 is 0 Å². The van der Waals surface area contributed by atoms with E-state index in [4.69, 9.17) is 9.84 Å². The number of hydrogen-bond donors (Lipinski definition) is 1. The number of likely N-dealkylation sites (N-methyl/N-ethyl adjacent to an activating group) is 1. The van der Waals surface area contributed by atoms with E-state index in [1.165, 1.54) is 11.9 Å². The van der Waals surface area contributed by atoms with Crippen LogP contribution in [-0.4, -0.2) is 42.6 Å². The van der Waals surface area contributed by atoms with Crippen LogP contribution in [-0.2, 0) is 16.0 Å². The van der Waals surface area contributed by atoms with Crippen molar-refractivity contribution in [3.05, 3.63) is 29.3 Å². The van der Waals surface area contributed by atoms with Gasteiger partial charge in [0.05, 0.1) is 13.5 Å². The number of rotatable bonds is 5. The Bertz CT molecular complexity index is 456. The molecular weight excluding hydrogens is 234 g/mol. The van der Waals surface area contributed by atoms with Crippen LogP contribution in [0.4, 0.5) is 0 Å². The van der Waals surface area contributed by atoms with E-state index in [0.717, 1.165) is 11.1 Å². The lowest BCUT2D eigenvalue weighted by atomic mass is 10.1. The van der Waals surface area contributed by atoms with Crippen molar-refractivity contribution in [1.82, 2.24) is 4.90 Å². The number of carboxylic acid groups (broad SMARTS) is 1. The Morgan fingerprint density at radius 2 is 2.06 bits per heavy atom. The van der Waals surface area contributed by atoms with Gasteiger partial charge in [0, 0.05) is 12.6 Å². The van der Waals surface area contributed by atoms with Crippen LogP contribution in [0.15, 0.2) is 18.2 Å². The van der Waals surface area contributed by atoms with E-state index < -0.39 is 5.97 Å². The van der Waals surface area contributed by atoms with Gasteiger partial charge < -0.3 is 14.7 Å². The Kier molecular flexibility index (Phi) is 4.71. The second-order valence-electron chi connectivity index (χ2n) is 4.14. The lowest BCUT2D eigenvalue weighted by Crippen LogP contribution is -2.33. The summed E-state index contributed by atoms with van der Waals surface area (Å²) in [5, 5.41) is 8.62. The molecule has 1 aromatic carbocycles. The van der Waals surface area contributed by atoms with Crippen molar-refractivity contribution < 1.29 is 19.4 Å². The Morgan fingerprint density at radius 3 is 2.61 bits per heavy atom. The minimum atomic E-state index is -1.03. The van der Waals surface area contributed by atoms with Crippen LogP contribution in [0.5, 0.6) is 5.75 Å². The van der Waals surface area contributed by atoms with E-state index in [-0.39, 0.29) is 18.9 Å². The summed E-state index contributed by atoms with van der Waals surface area (Å²) in [5.41, 5.74) is 1.80. The highest BCUT2D eigenvalue weighted by Crippen LogP contribution is 2.20. The zero-order valence-corrected chi connectivity index (χ0v) is 10.8. The number of carbonyl (C=O) groups is 2. The van der Waals surface area contributed by atoms with E-state index in [0.29, 0.717) is 5.75 Å².